The number of methoxy groups -OCH3 is 1. The lowest BCUT2D eigenvalue weighted by Gasteiger charge is -2.29. The Bertz CT molecular complexity index is 988. The Kier molecular flexibility index (Phi) is 3.60. The predicted molar refractivity (Wildman–Crippen MR) is 100 cm³/mol. The molecule has 0 saturated carbocycles. The number of rotatable bonds is 2. The maximum atomic E-state index is 12.6. The predicted octanol–water partition coefficient (Wildman–Crippen LogP) is 5.07. The number of hydrogen-bond donors (Lipinski definition) is 0. The molecule has 0 N–H and O–H groups in total. The van der Waals surface area contributed by atoms with Gasteiger partial charge in [-0.2, -0.15) is 0 Å². The fraction of sp³-hybridized carbons (Fsp3) is 0.273. The van der Waals surface area contributed by atoms with Crippen molar-refractivity contribution < 1.29 is 9.53 Å². The first-order valence-electron chi connectivity index (χ1n) is 8.61. The number of hydrogen-bond acceptors (Lipinski definition) is 3. The van der Waals surface area contributed by atoms with Gasteiger partial charge in [0.2, 0.25) is 0 Å². The van der Waals surface area contributed by atoms with Crippen LogP contribution in [0.4, 0.5) is 0 Å². The highest BCUT2D eigenvalue weighted by molar-refractivity contribution is 6.02. The summed E-state index contributed by atoms with van der Waals surface area (Å²) in [6.07, 6.45) is 1.71. The molecule has 25 heavy (non-hydrogen) atoms. The molecule has 0 fully saturated rings. The second-order valence-corrected chi connectivity index (χ2v) is 7.33. The van der Waals surface area contributed by atoms with E-state index in [0.717, 1.165) is 51.9 Å². The minimum atomic E-state index is -0.280. The van der Waals surface area contributed by atoms with Gasteiger partial charge in [0.05, 0.1) is 18.5 Å². The average molecular weight is 331 g/mol. The molecule has 0 aliphatic heterocycles. The van der Waals surface area contributed by atoms with E-state index in [-0.39, 0.29) is 11.2 Å². The van der Waals surface area contributed by atoms with E-state index in [1.54, 1.807) is 7.11 Å². The van der Waals surface area contributed by atoms with Crippen molar-refractivity contribution in [3.63, 3.8) is 0 Å². The summed E-state index contributed by atoms with van der Waals surface area (Å²) in [4.78, 5) is 17.4. The minimum Gasteiger partial charge on any atom is -0.497 e. The fourth-order valence-corrected chi connectivity index (χ4v) is 3.48. The van der Waals surface area contributed by atoms with E-state index in [9.17, 15) is 4.79 Å². The van der Waals surface area contributed by atoms with Gasteiger partial charge in [-0.3, -0.25) is 9.78 Å². The summed E-state index contributed by atoms with van der Waals surface area (Å²) in [7, 11) is 1.68. The third-order valence-electron chi connectivity index (χ3n) is 5.16. The number of ether oxygens (including phenoxy) is 1. The Hall–Kier alpha value is -2.68. The molecule has 3 nitrogen and oxygen atoms in total. The summed E-state index contributed by atoms with van der Waals surface area (Å²) in [5.74, 6) is 1.06. The van der Waals surface area contributed by atoms with Crippen molar-refractivity contribution in [1.82, 2.24) is 4.98 Å². The molecule has 1 aliphatic rings. The van der Waals surface area contributed by atoms with E-state index in [1.807, 2.05) is 38.1 Å². The van der Waals surface area contributed by atoms with Gasteiger partial charge in [-0.1, -0.05) is 32.0 Å². The van der Waals surface area contributed by atoms with Crippen molar-refractivity contribution in [3.05, 3.63) is 59.8 Å². The number of pyridine rings is 1. The molecule has 0 unspecified atom stereocenters. The van der Waals surface area contributed by atoms with Crippen molar-refractivity contribution in [3.8, 4) is 17.0 Å². The number of carbonyl (C=O) groups excluding carboxylic acids is 1. The molecule has 1 aliphatic carbocycles. The molecule has 3 aromatic rings. The third kappa shape index (κ3) is 2.70. The fourth-order valence-electron chi connectivity index (χ4n) is 3.48. The van der Waals surface area contributed by atoms with Crippen LogP contribution < -0.4 is 4.74 Å². The van der Waals surface area contributed by atoms with E-state index in [4.69, 9.17) is 9.72 Å². The van der Waals surface area contributed by atoms with E-state index < -0.39 is 0 Å². The first kappa shape index (κ1) is 15.8. The zero-order chi connectivity index (χ0) is 17.6. The maximum Gasteiger partial charge on any atom is 0.170 e. The minimum absolute atomic E-state index is 0.207. The zero-order valence-corrected chi connectivity index (χ0v) is 14.8. The Morgan fingerprint density at radius 2 is 1.76 bits per heavy atom. The second-order valence-electron chi connectivity index (χ2n) is 7.33. The van der Waals surface area contributed by atoms with Gasteiger partial charge in [-0.25, -0.2) is 0 Å². The molecule has 1 heterocycles. The lowest BCUT2D eigenvalue weighted by molar-refractivity contribution is 0.0809. The van der Waals surface area contributed by atoms with Gasteiger partial charge >= 0.3 is 0 Å². The van der Waals surface area contributed by atoms with E-state index in [1.165, 1.54) is 0 Å². The monoisotopic (exact) mass is 331 g/mol. The number of benzene rings is 2. The maximum absolute atomic E-state index is 12.6. The highest BCUT2D eigenvalue weighted by atomic mass is 16.5. The number of ketones is 1. The van der Waals surface area contributed by atoms with Crippen LogP contribution in [-0.4, -0.2) is 17.9 Å². The molecule has 0 bridgehead atoms. The SMILES string of the molecule is COc1ccc2cc(-c3ccc4c(n3)CCC(C)(C)C4=O)ccc2c1. The first-order valence-corrected chi connectivity index (χ1v) is 8.61. The van der Waals surface area contributed by atoms with Crippen molar-refractivity contribution >= 4 is 16.6 Å². The molecular formula is C22H21NO2. The Morgan fingerprint density at radius 3 is 2.56 bits per heavy atom. The van der Waals surface area contributed by atoms with E-state index in [2.05, 4.69) is 24.3 Å². The Labute approximate surface area is 147 Å². The number of Topliss-reactive ketones (excluding diaryl/α,β-unsaturated/α-hetero) is 1. The molecule has 126 valence electrons. The van der Waals surface area contributed by atoms with E-state index in [0.29, 0.717) is 0 Å². The second kappa shape index (κ2) is 5.69. The Morgan fingerprint density at radius 1 is 1.00 bits per heavy atom. The molecule has 0 saturated heterocycles. The average Bonchev–Trinajstić information content (AvgIpc) is 2.64. The number of aromatic nitrogens is 1. The zero-order valence-electron chi connectivity index (χ0n) is 14.8. The van der Waals surface area contributed by atoms with E-state index >= 15 is 0 Å². The van der Waals surface area contributed by atoms with Crippen LogP contribution in [-0.2, 0) is 6.42 Å². The van der Waals surface area contributed by atoms with Gasteiger partial charge < -0.3 is 4.74 Å². The van der Waals surface area contributed by atoms with Gasteiger partial charge in [0.15, 0.2) is 5.78 Å². The molecule has 3 heteroatoms. The molecular weight excluding hydrogens is 310 g/mol. The highest BCUT2D eigenvalue weighted by Crippen LogP contribution is 2.35. The molecule has 0 spiro atoms. The van der Waals surface area contributed by atoms with Gasteiger partial charge in [0, 0.05) is 16.5 Å². The molecule has 1 aromatic heterocycles. The number of carbonyl (C=O) groups is 1. The normalized spacial score (nSPS) is 15.9. The summed E-state index contributed by atoms with van der Waals surface area (Å²) in [6.45, 7) is 4.04. The standard InChI is InChI=1S/C22H21NO2/c1-22(2)11-10-20-18(21(22)24)8-9-19(23-20)16-5-4-15-13-17(25-3)7-6-14(15)12-16/h4-9,12-13H,10-11H2,1-3H3. The van der Waals surface area contributed by atoms with Crippen molar-refractivity contribution in [2.24, 2.45) is 5.41 Å². The molecule has 0 radical (unpaired) electrons. The van der Waals surface area contributed by atoms with Crippen LogP contribution in [0.5, 0.6) is 5.75 Å². The number of fused-ring (bicyclic) bond motifs is 2. The summed E-state index contributed by atoms with van der Waals surface area (Å²) in [5, 5.41) is 2.29. The Balaban J connectivity index is 1.75. The summed E-state index contributed by atoms with van der Waals surface area (Å²) >= 11 is 0. The lowest BCUT2D eigenvalue weighted by atomic mass is 9.75. The number of aryl methyl sites for hydroxylation is 1. The van der Waals surface area contributed by atoms with Crippen molar-refractivity contribution in [2.75, 3.05) is 7.11 Å². The van der Waals surface area contributed by atoms with Gasteiger partial charge in [0.25, 0.3) is 0 Å². The van der Waals surface area contributed by atoms with Crippen LogP contribution in [0.1, 0.15) is 36.3 Å². The topological polar surface area (TPSA) is 39.2 Å². The van der Waals surface area contributed by atoms with Gasteiger partial charge in [0.1, 0.15) is 5.75 Å². The molecule has 0 amide bonds. The molecule has 4 rings (SSSR count). The lowest BCUT2D eigenvalue weighted by Crippen LogP contribution is -2.31. The van der Waals surface area contributed by atoms with Crippen LogP contribution in [0, 0.1) is 5.41 Å². The van der Waals surface area contributed by atoms with Crippen LogP contribution in [0.15, 0.2) is 48.5 Å². The summed E-state index contributed by atoms with van der Waals surface area (Å²) < 4.78 is 5.28. The first-order chi connectivity index (χ1) is 12.0. The summed E-state index contributed by atoms with van der Waals surface area (Å²) in [6, 6.07) is 16.3. The van der Waals surface area contributed by atoms with Gasteiger partial charge in [-0.05, 0) is 53.9 Å². The van der Waals surface area contributed by atoms with Crippen LogP contribution in [0.2, 0.25) is 0 Å². The molecule has 2 aromatic carbocycles. The largest absolute Gasteiger partial charge is 0.497 e. The smallest absolute Gasteiger partial charge is 0.170 e. The van der Waals surface area contributed by atoms with Crippen LogP contribution >= 0.6 is 0 Å². The number of nitrogens with zero attached hydrogens (tertiary/aromatic N) is 1. The van der Waals surface area contributed by atoms with Crippen LogP contribution in [0.25, 0.3) is 22.0 Å². The highest BCUT2D eigenvalue weighted by Gasteiger charge is 2.34. The molecule has 0 atom stereocenters. The third-order valence-corrected chi connectivity index (χ3v) is 5.16. The van der Waals surface area contributed by atoms with Crippen molar-refractivity contribution in [2.45, 2.75) is 26.7 Å². The quantitative estimate of drug-likeness (QED) is 0.658. The summed E-state index contributed by atoms with van der Waals surface area (Å²) in [5.41, 5.74) is 3.42. The van der Waals surface area contributed by atoms with Gasteiger partial charge in [-0.15, -0.1) is 0 Å². The van der Waals surface area contributed by atoms with Crippen LogP contribution in [0.3, 0.4) is 0 Å². The van der Waals surface area contributed by atoms with Crippen molar-refractivity contribution in [1.29, 1.82) is 0 Å².